The molecule has 0 aromatic heterocycles. The van der Waals surface area contributed by atoms with Crippen LogP contribution in [0, 0.1) is 10.1 Å². The number of non-ortho nitro benzene ring substituents is 1. The van der Waals surface area contributed by atoms with Gasteiger partial charge >= 0.3 is 0 Å². The van der Waals surface area contributed by atoms with Crippen LogP contribution in [0.1, 0.15) is 18.1 Å². The molecule has 1 saturated heterocycles. The summed E-state index contributed by atoms with van der Waals surface area (Å²) in [6.07, 6.45) is 1.53. The maximum Gasteiger partial charge on any atom is 0.294 e. The largest absolute Gasteiger partial charge is 0.494 e. The van der Waals surface area contributed by atoms with Gasteiger partial charge in [-0.3, -0.25) is 29.4 Å². The fourth-order valence-corrected chi connectivity index (χ4v) is 4.59. The highest BCUT2D eigenvalue weighted by atomic mass is 32.2. The van der Waals surface area contributed by atoms with E-state index in [9.17, 15) is 24.5 Å². The first-order valence-electron chi connectivity index (χ1n) is 12.1. The first kappa shape index (κ1) is 28.2. The lowest BCUT2D eigenvalue weighted by atomic mass is 10.1. The molecule has 3 aromatic rings. The minimum absolute atomic E-state index is 0.0361. The molecular weight excluding hydrogens is 538 g/mol. The predicted molar refractivity (Wildman–Crippen MR) is 149 cm³/mol. The third kappa shape index (κ3) is 6.97. The second-order valence-electron chi connectivity index (χ2n) is 8.40. The van der Waals surface area contributed by atoms with Crippen molar-refractivity contribution in [3.05, 3.63) is 92.9 Å². The minimum atomic E-state index is -0.582. The lowest BCUT2D eigenvalue weighted by molar-refractivity contribution is -0.384. The van der Waals surface area contributed by atoms with E-state index in [0.717, 1.165) is 16.7 Å². The van der Waals surface area contributed by atoms with Crippen molar-refractivity contribution in [2.24, 2.45) is 0 Å². The van der Waals surface area contributed by atoms with E-state index in [1.54, 1.807) is 54.6 Å². The topological polar surface area (TPSA) is 137 Å². The Bertz CT molecular complexity index is 1470. The van der Waals surface area contributed by atoms with E-state index >= 15 is 0 Å². The molecule has 0 bridgehead atoms. The fourth-order valence-electron chi connectivity index (χ4n) is 3.75. The number of ether oxygens (including phenoxy) is 3. The third-order valence-corrected chi connectivity index (χ3v) is 6.53. The van der Waals surface area contributed by atoms with Crippen LogP contribution in [0.3, 0.4) is 0 Å². The number of nitro benzene ring substituents is 1. The van der Waals surface area contributed by atoms with E-state index in [2.05, 4.69) is 5.32 Å². The van der Waals surface area contributed by atoms with Gasteiger partial charge in [0.1, 0.15) is 18.9 Å². The molecular formula is C28H25N3O8S. The first-order valence-corrected chi connectivity index (χ1v) is 12.9. The van der Waals surface area contributed by atoms with Crippen LogP contribution in [-0.4, -0.2) is 47.1 Å². The predicted octanol–water partition coefficient (Wildman–Crippen LogP) is 5.26. The maximum absolute atomic E-state index is 12.9. The summed E-state index contributed by atoms with van der Waals surface area (Å²) in [7, 11) is 1.45. The van der Waals surface area contributed by atoms with Gasteiger partial charge in [-0.2, -0.15) is 0 Å². The van der Waals surface area contributed by atoms with Crippen molar-refractivity contribution in [3.63, 3.8) is 0 Å². The van der Waals surface area contributed by atoms with Gasteiger partial charge in [-0.15, -0.1) is 0 Å². The van der Waals surface area contributed by atoms with E-state index in [1.165, 1.54) is 25.3 Å². The van der Waals surface area contributed by atoms with E-state index in [4.69, 9.17) is 14.2 Å². The summed E-state index contributed by atoms with van der Waals surface area (Å²) in [4.78, 5) is 49.4. The molecule has 11 nitrogen and oxygen atoms in total. The Labute approximate surface area is 233 Å². The van der Waals surface area contributed by atoms with Crippen LogP contribution in [0.15, 0.2) is 71.6 Å². The summed E-state index contributed by atoms with van der Waals surface area (Å²) in [5.41, 5.74) is 1.66. The number of rotatable bonds is 11. The van der Waals surface area contributed by atoms with Crippen molar-refractivity contribution >= 4 is 46.3 Å². The molecule has 4 rings (SSSR count). The third-order valence-electron chi connectivity index (χ3n) is 5.63. The second kappa shape index (κ2) is 12.8. The molecule has 0 radical (unpaired) electrons. The standard InChI is InChI=1S/C28H25N3O8S/c1-3-38-22-10-8-20(9-11-22)29-26(32)16-30-27(33)25(40-28(30)34)15-18-7-12-23(24(14-18)37-2)39-17-19-5-4-6-21(13-19)31(35)36/h4-15H,3,16-17H2,1-2H3,(H,29,32)/b25-15+. The van der Waals surface area contributed by atoms with Gasteiger partial charge in [-0.25, -0.2) is 0 Å². The first-order chi connectivity index (χ1) is 19.3. The molecule has 3 amide bonds. The Morgan fingerprint density at radius 2 is 1.82 bits per heavy atom. The summed E-state index contributed by atoms with van der Waals surface area (Å²) in [5.74, 6) is 0.329. The molecule has 1 N–H and O–H groups in total. The van der Waals surface area contributed by atoms with E-state index in [-0.39, 0.29) is 17.2 Å². The molecule has 0 spiro atoms. The second-order valence-corrected chi connectivity index (χ2v) is 9.39. The van der Waals surface area contributed by atoms with Crippen molar-refractivity contribution in [1.82, 2.24) is 4.90 Å². The number of methoxy groups -OCH3 is 1. The number of amides is 3. The van der Waals surface area contributed by atoms with Gasteiger partial charge in [0.25, 0.3) is 16.8 Å². The molecule has 0 saturated carbocycles. The van der Waals surface area contributed by atoms with Gasteiger partial charge in [-0.1, -0.05) is 18.2 Å². The van der Waals surface area contributed by atoms with Gasteiger partial charge in [0.05, 0.1) is 23.5 Å². The summed E-state index contributed by atoms with van der Waals surface area (Å²) < 4.78 is 16.6. The zero-order valence-corrected chi connectivity index (χ0v) is 22.4. The highest BCUT2D eigenvalue weighted by Gasteiger charge is 2.36. The minimum Gasteiger partial charge on any atom is -0.494 e. The number of nitrogens with one attached hydrogen (secondary N) is 1. The van der Waals surface area contributed by atoms with E-state index in [1.807, 2.05) is 6.92 Å². The van der Waals surface area contributed by atoms with Gasteiger partial charge in [-0.05, 0) is 72.3 Å². The van der Waals surface area contributed by atoms with Gasteiger partial charge in [0.15, 0.2) is 11.5 Å². The Kier molecular flexibility index (Phi) is 9.02. The molecule has 3 aromatic carbocycles. The number of carbonyl (C=O) groups excluding carboxylic acids is 3. The van der Waals surface area contributed by atoms with E-state index in [0.29, 0.717) is 40.7 Å². The summed E-state index contributed by atoms with van der Waals surface area (Å²) in [5, 5.41) is 13.1. The molecule has 1 aliphatic heterocycles. The zero-order chi connectivity index (χ0) is 28.6. The number of nitro groups is 1. The summed E-state index contributed by atoms with van der Waals surface area (Å²) in [6, 6.07) is 17.8. The molecule has 0 atom stereocenters. The van der Waals surface area contributed by atoms with Crippen molar-refractivity contribution in [2.75, 3.05) is 25.6 Å². The average molecular weight is 564 g/mol. The number of hydrogen-bond acceptors (Lipinski definition) is 9. The molecule has 1 heterocycles. The number of carbonyl (C=O) groups is 3. The normalized spacial score (nSPS) is 13.8. The molecule has 40 heavy (non-hydrogen) atoms. The van der Waals surface area contributed by atoms with Crippen LogP contribution >= 0.6 is 11.8 Å². The molecule has 0 unspecified atom stereocenters. The number of anilines is 1. The highest BCUT2D eigenvalue weighted by Crippen LogP contribution is 2.35. The molecule has 1 aliphatic rings. The van der Waals surface area contributed by atoms with E-state index < -0.39 is 28.5 Å². The van der Waals surface area contributed by atoms with Crippen molar-refractivity contribution < 1.29 is 33.5 Å². The number of benzene rings is 3. The lowest BCUT2D eigenvalue weighted by Crippen LogP contribution is -2.36. The SMILES string of the molecule is CCOc1ccc(NC(=O)CN2C(=O)S/C(=C/c3ccc(OCc4cccc([N+](=O)[O-])c4)c(OC)c3)C2=O)cc1. The van der Waals surface area contributed by atoms with Crippen LogP contribution in [-0.2, 0) is 16.2 Å². The van der Waals surface area contributed by atoms with Crippen LogP contribution in [0.5, 0.6) is 17.2 Å². The smallest absolute Gasteiger partial charge is 0.294 e. The van der Waals surface area contributed by atoms with Crippen molar-refractivity contribution in [2.45, 2.75) is 13.5 Å². The maximum atomic E-state index is 12.9. The van der Waals surface area contributed by atoms with Crippen LogP contribution in [0.4, 0.5) is 16.2 Å². The molecule has 12 heteroatoms. The van der Waals surface area contributed by atoms with Crippen LogP contribution < -0.4 is 19.5 Å². The number of imide groups is 1. The Morgan fingerprint density at radius 1 is 1.05 bits per heavy atom. The molecule has 0 aliphatic carbocycles. The number of hydrogen-bond donors (Lipinski definition) is 1. The Balaban J connectivity index is 1.40. The lowest BCUT2D eigenvalue weighted by Gasteiger charge is -2.13. The Morgan fingerprint density at radius 3 is 2.52 bits per heavy atom. The van der Waals surface area contributed by atoms with Gasteiger partial charge in [0, 0.05) is 17.8 Å². The monoisotopic (exact) mass is 563 g/mol. The van der Waals surface area contributed by atoms with Gasteiger partial charge < -0.3 is 19.5 Å². The average Bonchev–Trinajstić information content (AvgIpc) is 3.20. The Hall–Kier alpha value is -4.84. The quantitative estimate of drug-likeness (QED) is 0.188. The number of thioether (sulfide) groups is 1. The van der Waals surface area contributed by atoms with Gasteiger partial charge in [0.2, 0.25) is 5.91 Å². The summed E-state index contributed by atoms with van der Waals surface area (Å²) >= 11 is 0.736. The summed E-state index contributed by atoms with van der Waals surface area (Å²) in [6.45, 7) is 2.04. The van der Waals surface area contributed by atoms with Crippen molar-refractivity contribution in [3.8, 4) is 17.2 Å². The van der Waals surface area contributed by atoms with Crippen LogP contribution in [0.2, 0.25) is 0 Å². The zero-order valence-electron chi connectivity index (χ0n) is 21.6. The molecule has 206 valence electrons. The van der Waals surface area contributed by atoms with Crippen LogP contribution in [0.25, 0.3) is 6.08 Å². The van der Waals surface area contributed by atoms with Crippen molar-refractivity contribution in [1.29, 1.82) is 0 Å². The molecule has 1 fully saturated rings. The highest BCUT2D eigenvalue weighted by molar-refractivity contribution is 8.18. The fraction of sp³-hybridized carbons (Fsp3) is 0.179. The number of nitrogens with zero attached hydrogens (tertiary/aromatic N) is 2.